The Balaban J connectivity index is 0.000000628. The maximum Gasteiger partial charge on any atom is 1.00 e. The Morgan fingerprint density at radius 3 is 2.52 bits per heavy atom. The second-order valence-corrected chi connectivity index (χ2v) is 6.33. The zero-order valence-corrected chi connectivity index (χ0v) is 19.0. The van der Waals surface area contributed by atoms with Gasteiger partial charge >= 0.3 is 29.6 Å². The van der Waals surface area contributed by atoms with Crippen molar-refractivity contribution in [3.8, 4) is 0 Å². The fraction of sp³-hybridized carbons (Fsp3) is 0.200. The van der Waals surface area contributed by atoms with Gasteiger partial charge in [-0.15, -0.1) is 6.07 Å². The van der Waals surface area contributed by atoms with Crippen molar-refractivity contribution in [1.29, 1.82) is 0 Å². The molecule has 0 saturated heterocycles. The molecule has 0 aliphatic rings. The summed E-state index contributed by atoms with van der Waals surface area (Å²) in [6, 6.07) is 6.88. The molecule has 29 heavy (non-hydrogen) atoms. The SMILES string of the molecule is [CH2-]C[C@H]([CH2-])O.[CH2-]c1cnc2c(Nc3cccc(Cl)c3C)nc(C(F)F)nc2c1.[Na+]. The number of fused-ring (bicyclic) bond motifs is 1. The van der Waals surface area contributed by atoms with Gasteiger partial charge in [-0.05, 0) is 24.6 Å². The number of benzene rings is 1. The summed E-state index contributed by atoms with van der Waals surface area (Å²) in [5, 5.41) is 11.8. The molecule has 3 aromatic rings. The third-order valence-electron chi connectivity index (χ3n) is 3.66. The number of aliphatic hydroxyl groups excluding tert-OH is 1. The van der Waals surface area contributed by atoms with Gasteiger partial charge in [-0.25, -0.2) is 18.7 Å². The van der Waals surface area contributed by atoms with Crippen molar-refractivity contribution in [3.63, 3.8) is 0 Å². The van der Waals surface area contributed by atoms with Crippen LogP contribution in [0.15, 0.2) is 30.5 Å². The van der Waals surface area contributed by atoms with E-state index < -0.39 is 18.4 Å². The van der Waals surface area contributed by atoms with Crippen LogP contribution in [0.4, 0.5) is 20.3 Å². The first kappa shape index (κ1) is 25.5. The minimum Gasteiger partial charge on any atom is -0.428 e. The minimum absolute atomic E-state index is 0. The van der Waals surface area contributed by atoms with Gasteiger partial charge in [0, 0.05) is 16.2 Å². The van der Waals surface area contributed by atoms with E-state index >= 15 is 0 Å². The molecular weight excluding hydrogens is 409 g/mol. The number of nitrogens with zero attached hydrogens (tertiary/aromatic N) is 3. The number of hydrogen-bond donors (Lipinski definition) is 2. The molecule has 0 saturated carbocycles. The smallest absolute Gasteiger partial charge is 0.428 e. The number of alkyl halides is 2. The number of aliphatic hydroxyl groups is 1. The molecule has 0 radical (unpaired) electrons. The van der Waals surface area contributed by atoms with Crippen LogP contribution in [-0.4, -0.2) is 26.2 Å². The summed E-state index contributed by atoms with van der Waals surface area (Å²) in [6.45, 7) is 12.2. The van der Waals surface area contributed by atoms with Crippen molar-refractivity contribution >= 4 is 34.1 Å². The van der Waals surface area contributed by atoms with Crippen LogP contribution in [0.25, 0.3) is 11.0 Å². The molecule has 1 atom stereocenters. The van der Waals surface area contributed by atoms with E-state index in [9.17, 15) is 8.78 Å². The zero-order valence-electron chi connectivity index (χ0n) is 16.3. The quantitative estimate of drug-likeness (QED) is 0.493. The molecule has 0 aliphatic carbocycles. The monoisotopic (exact) mass is 428 g/mol. The molecule has 0 fully saturated rings. The van der Waals surface area contributed by atoms with Crippen molar-refractivity contribution in [2.75, 3.05) is 5.32 Å². The largest absolute Gasteiger partial charge is 1.00 e. The van der Waals surface area contributed by atoms with Gasteiger partial charge in [0.15, 0.2) is 11.6 Å². The molecule has 0 unspecified atom stereocenters. The van der Waals surface area contributed by atoms with E-state index in [2.05, 4.69) is 41.0 Å². The Morgan fingerprint density at radius 1 is 1.28 bits per heavy atom. The number of nitrogens with one attached hydrogen (secondary N) is 1. The number of halogens is 3. The Morgan fingerprint density at radius 2 is 1.93 bits per heavy atom. The first-order valence-electron chi connectivity index (χ1n) is 8.33. The molecule has 0 amide bonds. The topological polar surface area (TPSA) is 70.9 Å². The predicted octanol–water partition coefficient (Wildman–Crippen LogP) is 2.26. The molecule has 9 heteroatoms. The fourth-order valence-electron chi connectivity index (χ4n) is 2.13. The molecular formula is C20H20ClF2N4NaO-2. The molecule has 2 heterocycles. The van der Waals surface area contributed by atoms with E-state index in [0.29, 0.717) is 33.7 Å². The number of hydrogen-bond acceptors (Lipinski definition) is 5. The maximum absolute atomic E-state index is 13.0. The number of rotatable bonds is 4. The Bertz CT molecular complexity index is 957. The summed E-state index contributed by atoms with van der Waals surface area (Å²) in [6.07, 6.45) is -1.23. The predicted molar refractivity (Wildman–Crippen MR) is 108 cm³/mol. The van der Waals surface area contributed by atoms with Crippen LogP contribution in [-0.2, 0) is 0 Å². The molecule has 1 aromatic carbocycles. The fourth-order valence-corrected chi connectivity index (χ4v) is 2.31. The zero-order chi connectivity index (χ0) is 20.8. The second kappa shape index (κ2) is 11.6. The number of pyridine rings is 1. The van der Waals surface area contributed by atoms with E-state index in [-0.39, 0.29) is 35.4 Å². The van der Waals surface area contributed by atoms with E-state index in [1.54, 1.807) is 24.3 Å². The van der Waals surface area contributed by atoms with Gasteiger partial charge in [-0.2, -0.15) is 18.9 Å². The van der Waals surface area contributed by atoms with E-state index in [1.165, 1.54) is 6.20 Å². The standard InChI is InChI=1S/C16H12ClF2N4.C4H8O.Na/c1-8-6-12-13(20-7-8)15(23-16(22-12)14(18)19)21-11-5-3-4-10(17)9(11)2;1-3-4(2)5;/h3-7,14H,1H2,2H3,(H,21,22,23);4-5H,1-3H2;/q-1;-2;+1/t;4-;/m.0./s1. The van der Waals surface area contributed by atoms with Gasteiger partial charge in [0.25, 0.3) is 6.43 Å². The number of anilines is 2. The summed E-state index contributed by atoms with van der Waals surface area (Å²) in [5.41, 5.74) is 2.74. The molecule has 0 bridgehead atoms. The molecule has 2 N–H and O–H groups in total. The molecule has 3 rings (SSSR count). The van der Waals surface area contributed by atoms with Crippen molar-refractivity contribution in [3.05, 3.63) is 73.2 Å². The van der Waals surface area contributed by atoms with Crippen molar-refractivity contribution < 1.29 is 43.4 Å². The van der Waals surface area contributed by atoms with Gasteiger partial charge < -0.3 is 29.3 Å². The molecule has 0 aliphatic heterocycles. The normalized spacial score (nSPS) is 11.4. The third-order valence-corrected chi connectivity index (χ3v) is 4.07. The maximum atomic E-state index is 13.0. The van der Waals surface area contributed by atoms with Gasteiger partial charge in [0.1, 0.15) is 5.52 Å². The Kier molecular flexibility index (Phi) is 10.2. The second-order valence-electron chi connectivity index (χ2n) is 5.92. The van der Waals surface area contributed by atoms with Crippen molar-refractivity contribution in [1.82, 2.24) is 15.0 Å². The summed E-state index contributed by atoms with van der Waals surface area (Å²) < 4.78 is 26.1. The van der Waals surface area contributed by atoms with Crippen molar-refractivity contribution in [2.24, 2.45) is 0 Å². The van der Waals surface area contributed by atoms with E-state index in [4.69, 9.17) is 16.7 Å². The minimum atomic E-state index is -2.78. The summed E-state index contributed by atoms with van der Waals surface area (Å²) in [5.74, 6) is -0.359. The average molecular weight is 429 g/mol. The van der Waals surface area contributed by atoms with Crippen LogP contribution >= 0.6 is 11.6 Å². The molecule has 0 spiro atoms. The molecule has 5 nitrogen and oxygen atoms in total. The van der Waals surface area contributed by atoms with Crippen LogP contribution < -0.4 is 34.9 Å². The number of aromatic nitrogens is 3. The van der Waals surface area contributed by atoms with Crippen LogP contribution in [0.1, 0.15) is 29.8 Å². The van der Waals surface area contributed by atoms with Crippen molar-refractivity contribution in [2.45, 2.75) is 25.9 Å². The Hall–Kier alpha value is -1.51. The van der Waals surface area contributed by atoms with Crippen LogP contribution in [0.5, 0.6) is 0 Å². The van der Waals surface area contributed by atoms with Gasteiger partial charge in [0.05, 0.1) is 0 Å². The summed E-state index contributed by atoms with van der Waals surface area (Å²) >= 11 is 6.08. The van der Waals surface area contributed by atoms with Crippen LogP contribution in [0, 0.1) is 27.7 Å². The Labute approximate surface area is 196 Å². The van der Waals surface area contributed by atoms with Gasteiger partial charge in [-0.1, -0.05) is 30.0 Å². The van der Waals surface area contributed by atoms with E-state index in [0.717, 1.165) is 5.56 Å². The third kappa shape index (κ3) is 7.04. The van der Waals surface area contributed by atoms with Gasteiger partial charge in [0.2, 0.25) is 0 Å². The van der Waals surface area contributed by atoms with E-state index in [1.807, 2.05) is 6.92 Å². The summed E-state index contributed by atoms with van der Waals surface area (Å²) in [7, 11) is 0. The van der Waals surface area contributed by atoms with Gasteiger partial charge in [-0.3, -0.25) is 0 Å². The summed E-state index contributed by atoms with van der Waals surface area (Å²) in [4.78, 5) is 11.9. The average Bonchev–Trinajstić information content (AvgIpc) is 2.65. The first-order valence-corrected chi connectivity index (χ1v) is 8.71. The molecule has 2 aromatic heterocycles. The van der Waals surface area contributed by atoms with Crippen LogP contribution in [0.3, 0.4) is 0 Å². The van der Waals surface area contributed by atoms with Crippen LogP contribution in [0.2, 0.25) is 5.02 Å². The molecule has 150 valence electrons. The first-order chi connectivity index (χ1) is 13.2.